The molecule has 2 heterocycles. The molecule has 0 radical (unpaired) electrons. The normalized spacial score (nSPS) is 46.5. The van der Waals surface area contributed by atoms with Crippen molar-refractivity contribution in [3.8, 4) is 22.3 Å². The Balaban J connectivity index is 0.000000299. The van der Waals surface area contributed by atoms with E-state index in [9.17, 15) is 0 Å². The van der Waals surface area contributed by atoms with Gasteiger partial charge in [0.25, 0.3) is 0 Å². The van der Waals surface area contributed by atoms with Crippen molar-refractivity contribution in [3.63, 3.8) is 0 Å². The summed E-state index contributed by atoms with van der Waals surface area (Å²) in [6.07, 6.45) is 5.36. The van der Waals surface area contributed by atoms with E-state index in [-0.39, 0.29) is 32.9 Å². The van der Waals surface area contributed by atoms with E-state index in [4.69, 9.17) is 4.74 Å². The van der Waals surface area contributed by atoms with Crippen LogP contribution in [0.25, 0.3) is 22.3 Å². The highest BCUT2D eigenvalue weighted by molar-refractivity contribution is 6.06. The smallest absolute Gasteiger partial charge is 0.152 e. The van der Waals surface area contributed by atoms with Crippen molar-refractivity contribution in [2.75, 3.05) is 33.4 Å². The second-order valence-electron chi connectivity index (χ2n) is 20.8. The molecular weight excluding hydrogens is 645 g/mol. The molecule has 3 fully saturated rings. The van der Waals surface area contributed by atoms with E-state index < -0.39 is 0 Å². The fourth-order valence-electron chi connectivity index (χ4n) is 18.9. The summed E-state index contributed by atoms with van der Waals surface area (Å²) >= 11 is 0. The predicted molar refractivity (Wildman–Crippen MR) is 205 cm³/mol. The highest BCUT2D eigenvalue weighted by Crippen LogP contribution is 2.94. The second-order valence-corrected chi connectivity index (χ2v) is 20.8. The molecule has 0 bridgehead atoms. The van der Waals surface area contributed by atoms with E-state index in [0.29, 0.717) is 23.7 Å². The Kier molecular flexibility index (Phi) is 3.56. The van der Waals surface area contributed by atoms with Crippen LogP contribution in [0.1, 0.15) is 117 Å². The van der Waals surface area contributed by atoms with Crippen LogP contribution < -0.4 is 0 Å². The number of benzene rings is 3. The van der Waals surface area contributed by atoms with Crippen LogP contribution in [0, 0.1) is 11.8 Å². The van der Waals surface area contributed by atoms with Crippen molar-refractivity contribution >= 4 is 0 Å². The summed E-state index contributed by atoms with van der Waals surface area (Å²) in [5.74, 6) is 2.50. The van der Waals surface area contributed by atoms with Crippen LogP contribution in [0.2, 0.25) is 0 Å². The van der Waals surface area contributed by atoms with Crippen LogP contribution in [-0.4, -0.2) is 54.4 Å². The third-order valence-corrected chi connectivity index (χ3v) is 19.8. The Morgan fingerprint density at radius 2 is 1.04 bits per heavy atom. The minimum atomic E-state index is -0.264. The van der Waals surface area contributed by atoms with Crippen LogP contribution >= 0.6 is 0 Å². The zero-order valence-corrected chi connectivity index (χ0v) is 31.7. The molecule has 3 nitrogen and oxygen atoms in total. The van der Waals surface area contributed by atoms with Crippen LogP contribution in [0.3, 0.4) is 0 Å². The van der Waals surface area contributed by atoms with Crippen molar-refractivity contribution in [3.05, 3.63) is 125 Å². The lowest BCUT2D eigenvalue weighted by Crippen LogP contribution is -2.53. The SMILES string of the molecule is CCN1CCN(C)C1.C[C@]12C3=C4C5CCC3c3ccc6c(c31)[C@]1(C)C3=C2C27OC42C2=C4C(CCC25)c2ccc5c8c2[C@]4(C)C7=C3[C@@]8(C)c2c-5ccc-6c21. The van der Waals surface area contributed by atoms with Gasteiger partial charge < -0.3 is 4.74 Å². The van der Waals surface area contributed by atoms with Crippen molar-refractivity contribution in [2.45, 2.75) is 105 Å². The Morgan fingerprint density at radius 1 is 0.566 bits per heavy atom. The van der Waals surface area contributed by atoms with Gasteiger partial charge in [-0.15, -0.1) is 0 Å². The molecule has 0 aromatic heterocycles. The summed E-state index contributed by atoms with van der Waals surface area (Å²) < 4.78 is 8.03. The number of allylic oxidation sites excluding steroid dienone is 4. The maximum Gasteiger partial charge on any atom is 0.152 e. The first-order valence-corrected chi connectivity index (χ1v) is 21.3. The van der Waals surface area contributed by atoms with E-state index in [1.165, 1.54) is 56.4 Å². The number of hydrogen-bond donors (Lipinski definition) is 0. The van der Waals surface area contributed by atoms with Crippen LogP contribution in [-0.2, 0) is 26.4 Å². The van der Waals surface area contributed by atoms with Gasteiger partial charge in [0.05, 0.1) is 6.67 Å². The quantitative estimate of drug-likeness (QED) is 0.188. The lowest BCUT2D eigenvalue weighted by molar-refractivity contribution is 0.286. The van der Waals surface area contributed by atoms with Crippen molar-refractivity contribution in [1.82, 2.24) is 9.80 Å². The maximum atomic E-state index is 8.03. The van der Waals surface area contributed by atoms with Gasteiger partial charge in [-0.25, -0.2) is 0 Å². The molecule has 3 aromatic carbocycles. The van der Waals surface area contributed by atoms with E-state index in [0.717, 1.165) is 6.67 Å². The number of likely N-dealkylation sites (N-methyl/N-ethyl adjacent to an activating group) is 2. The molecule has 0 N–H and O–H groups in total. The minimum Gasteiger partial charge on any atom is -0.343 e. The Bertz CT molecular complexity index is 2640. The number of hydrogen-bond acceptors (Lipinski definition) is 3. The molecule has 1 saturated carbocycles. The van der Waals surface area contributed by atoms with Gasteiger partial charge in [0.1, 0.15) is 5.60 Å². The molecule has 3 heteroatoms. The lowest BCUT2D eigenvalue weighted by Gasteiger charge is -2.53. The standard InChI is InChI=1S/C44H30O.C6H14N2/c1-39-25-15-5-6-16-18-8-10-20-22-12-14-24-23-13-11-21-19-9-7-17(15)27(39)29(19)41(3)31(21)33(23)43-34(24)32(22)42(4)30(20)28(18)40(2,26(16)25)36-35(39)37(41)44(43,45-43)38(36)42;1-3-8-5-4-7(2)6-8/h5-10,21-24H,11-14H2,1-4H3;3-6H2,1-2H3/t21?,22?,23?,24?,39-,40+,41-,42+,43?,44?;. The van der Waals surface area contributed by atoms with E-state index in [2.05, 4.69) is 87.9 Å². The average molecular weight is 689 g/mol. The second kappa shape index (κ2) is 6.95. The predicted octanol–water partition coefficient (Wildman–Crippen LogP) is 8.79. The van der Waals surface area contributed by atoms with Crippen LogP contribution in [0.5, 0.6) is 0 Å². The first kappa shape index (κ1) is 27.1. The third kappa shape index (κ3) is 1.92. The zero-order valence-electron chi connectivity index (χ0n) is 31.7. The molecule has 0 amide bonds. The third-order valence-electron chi connectivity index (χ3n) is 19.8. The summed E-state index contributed by atoms with van der Waals surface area (Å²) in [5.41, 5.74) is 33.4. The summed E-state index contributed by atoms with van der Waals surface area (Å²) in [6, 6.07) is 15.5. The fourth-order valence-corrected chi connectivity index (χ4v) is 18.9. The zero-order chi connectivity index (χ0) is 34.6. The number of nitrogens with zero attached hydrogens (tertiary/aromatic N) is 2. The monoisotopic (exact) mass is 688 g/mol. The average Bonchev–Trinajstić information content (AvgIpc) is 3.72. The molecular formula is C50H44N2O. The molecule has 2 spiro atoms. The molecule has 3 aromatic rings. The van der Waals surface area contributed by atoms with Gasteiger partial charge in [0.15, 0.2) is 5.60 Å². The first-order chi connectivity index (χ1) is 25.7. The Hall–Kier alpha value is -3.50. The highest BCUT2D eigenvalue weighted by atomic mass is 16.6. The number of fused-ring (bicyclic) bond motifs is 5. The van der Waals surface area contributed by atoms with Crippen molar-refractivity contribution in [2.24, 2.45) is 11.8 Å². The first-order valence-electron chi connectivity index (χ1n) is 21.3. The largest absolute Gasteiger partial charge is 0.343 e. The van der Waals surface area contributed by atoms with Gasteiger partial charge in [-0.2, -0.15) is 0 Å². The topological polar surface area (TPSA) is 19.0 Å². The van der Waals surface area contributed by atoms with Gasteiger partial charge in [-0.3, -0.25) is 9.80 Å². The molecule has 260 valence electrons. The molecule has 2 aliphatic heterocycles. The summed E-state index contributed by atoms with van der Waals surface area (Å²) in [4.78, 5) is 4.77. The molecule has 13 aliphatic carbocycles. The molecule has 6 unspecified atom stereocenters. The van der Waals surface area contributed by atoms with E-state index in [1.54, 1.807) is 77.9 Å². The van der Waals surface area contributed by atoms with Crippen molar-refractivity contribution < 1.29 is 4.74 Å². The molecule has 10 atom stereocenters. The fraction of sp³-hybridized carbons (Fsp3) is 0.480. The lowest BCUT2D eigenvalue weighted by atomic mass is 9.48. The number of epoxide rings is 1. The van der Waals surface area contributed by atoms with Crippen molar-refractivity contribution in [1.29, 1.82) is 0 Å². The summed E-state index contributed by atoms with van der Waals surface area (Å²) in [5, 5.41) is 0. The number of ether oxygens (including phenoxy) is 1. The number of rotatable bonds is 1. The van der Waals surface area contributed by atoms with E-state index in [1.807, 2.05) is 22.3 Å². The molecule has 2 saturated heterocycles. The maximum absolute atomic E-state index is 8.03. The molecule has 53 heavy (non-hydrogen) atoms. The van der Waals surface area contributed by atoms with Crippen LogP contribution in [0.4, 0.5) is 0 Å². The Morgan fingerprint density at radius 3 is 1.47 bits per heavy atom. The van der Waals surface area contributed by atoms with Crippen LogP contribution in [0.15, 0.2) is 81.0 Å². The van der Waals surface area contributed by atoms with Gasteiger partial charge in [0.2, 0.25) is 0 Å². The molecule has 18 rings (SSSR count). The minimum absolute atomic E-state index is 0.0410. The van der Waals surface area contributed by atoms with Gasteiger partial charge in [-0.05, 0) is 190 Å². The molecule has 15 aliphatic rings. The summed E-state index contributed by atoms with van der Waals surface area (Å²) in [6.45, 7) is 17.9. The van der Waals surface area contributed by atoms with Gasteiger partial charge in [0, 0.05) is 46.6 Å². The Labute approximate surface area is 311 Å². The summed E-state index contributed by atoms with van der Waals surface area (Å²) in [7, 11) is 2.16. The van der Waals surface area contributed by atoms with Gasteiger partial charge in [-0.1, -0.05) is 43.3 Å². The van der Waals surface area contributed by atoms with Gasteiger partial charge >= 0.3 is 0 Å². The van der Waals surface area contributed by atoms with E-state index >= 15 is 0 Å². The highest BCUT2D eigenvalue weighted by Gasteiger charge is 2.94.